The van der Waals surface area contributed by atoms with Crippen molar-refractivity contribution in [2.75, 3.05) is 13.1 Å². The van der Waals surface area contributed by atoms with Crippen molar-refractivity contribution in [1.29, 1.82) is 0 Å². The van der Waals surface area contributed by atoms with Gasteiger partial charge in [0.05, 0.1) is 5.75 Å². The summed E-state index contributed by atoms with van der Waals surface area (Å²) in [6.07, 6.45) is 3.86. The molecule has 2 aromatic rings. The lowest BCUT2D eigenvalue weighted by Crippen LogP contribution is -2.29. The van der Waals surface area contributed by atoms with Crippen LogP contribution in [0.25, 0.3) is 0 Å². The zero-order valence-corrected chi connectivity index (χ0v) is 16.4. The van der Waals surface area contributed by atoms with Gasteiger partial charge in [-0.15, -0.1) is 0 Å². The Labute approximate surface area is 161 Å². The summed E-state index contributed by atoms with van der Waals surface area (Å²) in [4.78, 5) is 2.47. The standard InChI is InChI=1S/C20H25ClN2O2S/c21-20-9-7-17(8-10-20)16-26(24,25)22-14-18-5-4-6-19(13-18)15-23-11-2-1-3-12-23/h4-10,13,22H,1-3,11-12,14-16H2. The molecule has 140 valence electrons. The number of hydrogen-bond acceptors (Lipinski definition) is 3. The Balaban J connectivity index is 1.56. The van der Waals surface area contributed by atoms with E-state index < -0.39 is 10.0 Å². The molecule has 3 rings (SSSR count). The van der Waals surface area contributed by atoms with Gasteiger partial charge >= 0.3 is 0 Å². The Bertz CT molecular complexity index is 816. The number of piperidine rings is 1. The number of sulfonamides is 1. The zero-order valence-electron chi connectivity index (χ0n) is 14.8. The van der Waals surface area contributed by atoms with Crippen molar-refractivity contribution in [2.24, 2.45) is 0 Å². The van der Waals surface area contributed by atoms with E-state index in [2.05, 4.69) is 21.8 Å². The zero-order chi connectivity index (χ0) is 18.4. The van der Waals surface area contributed by atoms with Gasteiger partial charge in [-0.2, -0.15) is 0 Å². The van der Waals surface area contributed by atoms with E-state index in [9.17, 15) is 8.42 Å². The predicted octanol–water partition coefficient (Wildman–Crippen LogP) is 3.95. The van der Waals surface area contributed by atoms with Crippen molar-refractivity contribution in [3.63, 3.8) is 0 Å². The first-order chi connectivity index (χ1) is 12.5. The molecule has 0 aromatic heterocycles. The number of rotatable bonds is 7. The second-order valence-electron chi connectivity index (χ2n) is 6.86. The Hall–Kier alpha value is -1.40. The van der Waals surface area contributed by atoms with E-state index in [0.717, 1.165) is 30.8 Å². The molecule has 2 aromatic carbocycles. The van der Waals surface area contributed by atoms with Crippen LogP contribution in [0.15, 0.2) is 48.5 Å². The molecule has 0 spiro atoms. The summed E-state index contributed by atoms with van der Waals surface area (Å²) in [5.41, 5.74) is 2.95. The molecule has 0 amide bonds. The second kappa shape index (κ2) is 9.00. The molecule has 1 aliphatic rings. The third kappa shape index (κ3) is 6.09. The molecule has 1 aliphatic heterocycles. The Morgan fingerprint density at radius 1 is 0.923 bits per heavy atom. The predicted molar refractivity (Wildman–Crippen MR) is 106 cm³/mol. The molecule has 1 fully saturated rings. The van der Waals surface area contributed by atoms with Crippen molar-refractivity contribution >= 4 is 21.6 Å². The van der Waals surface area contributed by atoms with Gasteiger partial charge in [0.2, 0.25) is 10.0 Å². The minimum Gasteiger partial charge on any atom is -0.299 e. The lowest BCUT2D eigenvalue weighted by molar-refractivity contribution is 0.221. The van der Waals surface area contributed by atoms with E-state index in [1.54, 1.807) is 24.3 Å². The fourth-order valence-corrected chi connectivity index (χ4v) is 4.50. The smallest absolute Gasteiger partial charge is 0.216 e. The first kappa shape index (κ1) is 19.4. The molecule has 0 saturated carbocycles. The maximum absolute atomic E-state index is 12.3. The van der Waals surface area contributed by atoms with Gasteiger partial charge in [-0.1, -0.05) is 54.4 Å². The van der Waals surface area contributed by atoms with E-state index in [1.807, 2.05) is 12.1 Å². The van der Waals surface area contributed by atoms with E-state index in [4.69, 9.17) is 11.6 Å². The molecule has 0 radical (unpaired) electrons. The maximum Gasteiger partial charge on any atom is 0.216 e. The normalized spacial score (nSPS) is 15.9. The number of hydrogen-bond donors (Lipinski definition) is 1. The molecule has 4 nitrogen and oxygen atoms in total. The van der Waals surface area contributed by atoms with Gasteiger partial charge in [-0.05, 0) is 54.8 Å². The van der Waals surface area contributed by atoms with Gasteiger partial charge in [0.25, 0.3) is 0 Å². The van der Waals surface area contributed by atoms with Crippen molar-refractivity contribution in [3.05, 3.63) is 70.2 Å². The average Bonchev–Trinajstić information content (AvgIpc) is 2.63. The van der Waals surface area contributed by atoms with Crippen LogP contribution in [0.2, 0.25) is 5.02 Å². The summed E-state index contributed by atoms with van der Waals surface area (Å²) in [6, 6.07) is 15.1. The summed E-state index contributed by atoms with van der Waals surface area (Å²) < 4.78 is 27.3. The fraction of sp³-hybridized carbons (Fsp3) is 0.400. The van der Waals surface area contributed by atoms with Crippen molar-refractivity contribution in [1.82, 2.24) is 9.62 Å². The Morgan fingerprint density at radius 3 is 2.35 bits per heavy atom. The maximum atomic E-state index is 12.3. The third-order valence-corrected chi connectivity index (χ3v) is 6.16. The van der Waals surface area contributed by atoms with Crippen molar-refractivity contribution in [2.45, 2.75) is 38.1 Å². The molecule has 0 aliphatic carbocycles. The fourth-order valence-electron chi connectivity index (χ4n) is 3.26. The minimum absolute atomic E-state index is 0.0440. The van der Waals surface area contributed by atoms with Gasteiger partial charge < -0.3 is 0 Å². The van der Waals surface area contributed by atoms with E-state index in [-0.39, 0.29) is 5.75 Å². The van der Waals surface area contributed by atoms with Gasteiger partial charge in [0.1, 0.15) is 0 Å². The van der Waals surface area contributed by atoms with Gasteiger partial charge in [0, 0.05) is 18.1 Å². The number of nitrogens with zero attached hydrogens (tertiary/aromatic N) is 1. The minimum atomic E-state index is -3.39. The number of likely N-dealkylation sites (tertiary alicyclic amines) is 1. The van der Waals surface area contributed by atoms with E-state index in [1.165, 1.54) is 24.8 Å². The molecule has 0 atom stereocenters. The molecule has 1 heterocycles. The second-order valence-corrected chi connectivity index (χ2v) is 9.11. The van der Waals surface area contributed by atoms with Gasteiger partial charge in [0.15, 0.2) is 0 Å². The van der Waals surface area contributed by atoms with Gasteiger partial charge in [-0.3, -0.25) is 4.90 Å². The molecule has 0 unspecified atom stereocenters. The highest BCUT2D eigenvalue weighted by molar-refractivity contribution is 7.88. The summed E-state index contributed by atoms with van der Waals surface area (Å²) in [6.45, 7) is 3.55. The van der Waals surface area contributed by atoms with Crippen LogP contribution in [0, 0.1) is 0 Å². The summed E-state index contributed by atoms with van der Waals surface area (Å²) >= 11 is 5.84. The first-order valence-electron chi connectivity index (χ1n) is 9.02. The Kier molecular flexibility index (Phi) is 6.70. The van der Waals surface area contributed by atoms with Crippen LogP contribution in [0.5, 0.6) is 0 Å². The van der Waals surface area contributed by atoms with Crippen LogP contribution in [0.4, 0.5) is 0 Å². The van der Waals surface area contributed by atoms with Crippen molar-refractivity contribution < 1.29 is 8.42 Å². The van der Waals surface area contributed by atoms with Gasteiger partial charge in [-0.25, -0.2) is 13.1 Å². The summed E-state index contributed by atoms with van der Waals surface area (Å²) in [7, 11) is -3.39. The topological polar surface area (TPSA) is 49.4 Å². The molecule has 1 N–H and O–H groups in total. The van der Waals surface area contributed by atoms with Crippen LogP contribution >= 0.6 is 11.6 Å². The lowest BCUT2D eigenvalue weighted by atomic mass is 10.1. The number of nitrogens with one attached hydrogen (secondary N) is 1. The summed E-state index contributed by atoms with van der Waals surface area (Å²) in [5.74, 6) is -0.0440. The largest absolute Gasteiger partial charge is 0.299 e. The SMILES string of the molecule is O=S(=O)(Cc1ccc(Cl)cc1)NCc1cccc(CN2CCCCC2)c1. The van der Waals surface area contributed by atoms with Crippen LogP contribution in [0.3, 0.4) is 0 Å². The van der Waals surface area contributed by atoms with Crippen LogP contribution in [0.1, 0.15) is 36.0 Å². The third-order valence-electron chi connectivity index (χ3n) is 4.61. The molecule has 0 bridgehead atoms. The molecule has 6 heteroatoms. The quantitative estimate of drug-likeness (QED) is 0.776. The first-order valence-corrected chi connectivity index (χ1v) is 11.1. The molecular formula is C20H25ClN2O2S. The van der Waals surface area contributed by atoms with Crippen LogP contribution < -0.4 is 4.72 Å². The summed E-state index contributed by atoms with van der Waals surface area (Å²) in [5, 5.41) is 0.602. The number of benzene rings is 2. The van der Waals surface area contributed by atoms with Crippen LogP contribution in [-0.4, -0.2) is 26.4 Å². The van der Waals surface area contributed by atoms with E-state index >= 15 is 0 Å². The molecule has 26 heavy (non-hydrogen) atoms. The lowest BCUT2D eigenvalue weighted by Gasteiger charge is -2.26. The molecular weight excluding hydrogens is 368 g/mol. The highest BCUT2D eigenvalue weighted by Gasteiger charge is 2.13. The monoisotopic (exact) mass is 392 g/mol. The molecule has 1 saturated heterocycles. The van der Waals surface area contributed by atoms with Crippen LogP contribution in [-0.2, 0) is 28.9 Å². The van der Waals surface area contributed by atoms with E-state index in [0.29, 0.717) is 11.6 Å². The highest BCUT2D eigenvalue weighted by atomic mass is 35.5. The number of halogens is 1. The van der Waals surface area contributed by atoms with Crippen molar-refractivity contribution in [3.8, 4) is 0 Å². The Morgan fingerprint density at radius 2 is 1.62 bits per heavy atom. The highest BCUT2D eigenvalue weighted by Crippen LogP contribution is 2.15. The average molecular weight is 393 g/mol.